The van der Waals surface area contributed by atoms with Crippen LogP contribution < -0.4 is 10.0 Å². The Morgan fingerprint density at radius 1 is 1.27 bits per heavy atom. The number of nitrogens with two attached hydrogens (primary N) is 1. The van der Waals surface area contributed by atoms with E-state index in [9.17, 15) is 13.5 Å². The number of aromatic nitrogens is 1. The second-order valence-electron chi connectivity index (χ2n) is 6.37. The van der Waals surface area contributed by atoms with Gasteiger partial charge >= 0.3 is 0 Å². The summed E-state index contributed by atoms with van der Waals surface area (Å²) in [6.45, 7) is 7.80. The molecule has 1 aromatic heterocycles. The van der Waals surface area contributed by atoms with E-state index in [2.05, 4.69) is 11.9 Å². The number of fused-ring (bicyclic) bond motifs is 1. The molecule has 0 spiro atoms. The number of thiazole rings is 1. The number of nitrogen functional groups attached to an aromatic ring is 1. The van der Waals surface area contributed by atoms with Crippen molar-refractivity contribution < 1.29 is 13.5 Å². The van der Waals surface area contributed by atoms with Crippen LogP contribution in [0.3, 0.4) is 0 Å². The van der Waals surface area contributed by atoms with Crippen molar-refractivity contribution in [2.75, 3.05) is 16.6 Å². The van der Waals surface area contributed by atoms with Gasteiger partial charge in [0.25, 0.3) is 10.0 Å². The lowest BCUT2D eigenvalue weighted by Gasteiger charge is -2.27. The number of sulfonamides is 1. The van der Waals surface area contributed by atoms with Crippen molar-refractivity contribution in [1.29, 1.82) is 0 Å². The molecule has 0 fully saturated rings. The van der Waals surface area contributed by atoms with Gasteiger partial charge < -0.3 is 10.8 Å². The minimum absolute atomic E-state index is 0.0448. The van der Waals surface area contributed by atoms with Crippen LogP contribution in [-0.4, -0.2) is 25.1 Å². The van der Waals surface area contributed by atoms with E-state index in [4.69, 9.17) is 5.73 Å². The number of rotatable bonds is 5. The van der Waals surface area contributed by atoms with Crippen molar-refractivity contribution in [2.45, 2.75) is 18.7 Å². The molecular formula is C18H20N3O3S2. The third-order valence-electron chi connectivity index (χ3n) is 3.86. The maximum absolute atomic E-state index is 13.5. The van der Waals surface area contributed by atoms with Crippen LogP contribution in [0.25, 0.3) is 10.2 Å². The third kappa shape index (κ3) is 3.22. The maximum atomic E-state index is 13.5. The molecule has 0 aliphatic rings. The van der Waals surface area contributed by atoms with E-state index in [0.717, 1.165) is 11.3 Å². The van der Waals surface area contributed by atoms with E-state index < -0.39 is 10.0 Å². The van der Waals surface area contributed by atoms with Crippen LogP contribution in [0.2, 0.25) is 0 Å². The molecule has 0 aliphatic carbocycles. The Balaban J connectivity index is 2.23. The fourth-order valence-corrected chi connectivity index (χ4v) is 5.61. The molecule has 137 valence electrons. The quantitative estimate of drug-likeness (QED) is 0.694. The summed E-state index contributed by atoms with van der Waals surface area (Å²) in [6, 6.07) is 9.77. The molecule has 26 heavy (non-hydrogen) atoms. The van der Waals surface area contributed by atoms with Gasteiger partial charge in [0.05, 0.1) is 15.9 Å². The minimum atomic E-state index is -3.94. The fourth-order valence-electron chi connectivity index (χ4n) is 2.70. The molecule has 2 aromatic carbocycles. The SMILES string of the molecule is [CH2]c1cccc(N(CC(C)C)S(=O)(=O)c2cccc3nc(N)sc23)c1O. The zero-order valence-corrected chi connectivity index (χ0v) is 16.1. The average molecular weight is 391 g/mol. The number of aromatic hydroxyl groups is 1. The van der Waals surface area contributed by atoms with Gasteiger partial charge in [-0.3, -0.25) is 4.31 Å². The summed E-state index contributed by atoms with van der Waals surface area (Å²) < 4.78 is 28.7. The number of para-hydroxylation sites is 1. The second-order valence-corrected chi connectivity index (χ2v) is 9.23. The summed E-state index contributed by atoms with van der Waals surface area (Å²) in [5.41, 5.74) is 6.88. The Hall–Kier alpha value is -2.32. The van der Waals surface area contributed by atoms with Gasteiger partial charge in [0.2, 0.25) is 0 Å². The van der Waals surface area contributed by atoms with Crippen LogP contribution in [0.4, 0.5) is 10.8 Å². The topological polar surface area (TPSA) is 96.5 Å². The van der Waals surface area contributed by atoms with Gasteiger partial charge in [-0.05, 0) is 36.6 Å². The van der Waals surface area contributed by atoms with Gasteiger partial charge in [-0.25, -0.2) is 13.4 Å². The molecule has 0 saturated carbocycles. The van der Waals surface area contributed by atoms with E-state index in [0.29, 0.717) is 20.9 Å². The van der Waals surface area contributed by atoms with E-state index in [-0.39, 0.29) is 28.8 Å². The summed E-state index contributed by atoms with van der Waals surface area (Å²) in [7, 11) is -3.94. The van der Waals surface area contributed by atoms with Gasteiger partial charge in [-0.15, -0.1) is 0 Å². The molecule has 8 heteroatoms. The van der Waals surface area contributed by atoms with Crippen LogP contribution in [0.5, 0.6) is 5.75 Å². The summed E-state index contributed by atoms with van der Waals surface area (Å²) in [5, 5.41) is 10.7. The predicted molar refractivity (Wildman–Crippen MR) is 106 cm³/mol. The van der Waals surface area contributed by atoms with Gasteiger partial charge in [-0.1, -0.05) is 43.4 Å². The molecule has 0 bridgehead atoms. The smallest absolute Gasteiger partial charge is 0.265 e. The molecule has 0 atom stereocenters. The van der Waals surface area contributed by atoms with Gasteiger partial charge in [0.15, 0.2) is 5.13 Å². The number of hydrogen-bond acceptors (Lipinski definition) is 6. The third-order valence-corrected chi connectivity index (χ3v) is 6.75. The largest absolute Gasteiger partial charge is 0.505 e. The van der Waals surface area contributed by atoms with E-state index in [1.807, 2.05) is 13.8 Å². The first-order valence-electron chi connectivity index (χ1n) is 8.03. The van der Waals surface area contributed by atoms with Crippen molar-refractivity contribution in [3.63, 3.8) is 0 Å². The normalized spacial score (nSPS) is 12.0. The van der Waals surface area contributed by atoms with E-state index in [1.165, 1.54) is 10.4 Å². The number of phenolic OH excluding ortho intramolecular Hbond substituents is 1. The van der Waals surface area contributed by atoms with Crippen LogP contribution >= 0.6 is 11.3 Å². The Morgan fingerprint density at radius 2 is 1.96 bits per heavy atom. The molecule has 0 saturated heterocycles. The van der Waals surface area contributed by atoms with Crippen LogP contribution in [0.1, 0.15) is 19.4 Å². The van der Waals surface area contributed by atoms with Crippen molar-refractivity contribution in [1.82, 2.24) is 4.98 Å². The summed E-state index contributed by atoms with van der Waals surface area (Å²) in [6.07, 6.45) is 0. The standard InChI is InChI=1S/C18H20N3O3S2/c1-11(2)10-21(14-8-4-6-12(3)16(14)22)26(23,24)15-9-5-7-13-17(15)25-18(19)20-13/h4-9,11,22H,3,10H2,1-2H3,(H2,19,20). The van der Waals surface area contributed by atoms with E-state index >= 15 is 0 Å². The molecule has 1 radical (unpaired) electrons. The highest BCUT2D eigenvalue weighted by Gasteiger charge is 2.30. The second kappa shape index (κ2) is 6.77. The predicted octanol–water partition coefficient (Wildman–Crippen LogP) is 3.62. The lowest BCUT2D eigenvalue weighted by molar-refractivity contribution is 0.472. The lowest BCUT2D eigenvalue weighted by atomic mass is 10.1. The number of hydrogen-bond donors (Lipinski definition) is 2. The number of anilines is 2. The van der Waals surface area contributed by atoms with Gasteiger partial charge in [0, 0.05) is 6.54 Å². The Morgan fingerprint density at radius 3 is 2.65 bits per heavy atom. The number of phenols is 1. The number of benzene rings is 2. The van der Waals surface area contributed by atoms with Crippen LogP contribution in [-0.2, 0) is 10.0 Å². The summed E-state index contributed by atoms with van der Waals surface area (Å²) in [5.74, 6) is -0.101. The van der Waals surface area contributed by atoms with Crippen molar-refractivity contribution in [3.05, 3.63) is 48.9 Å². The highest BCUT2D eigenvalue weighted by Crippen LogP contribution is 2.37. The molecule has 3 aromatic rings. The molecule has 0 aliphatic heterocycles. The zero-order chi connectivity index (χ0) is 19.1. The average Bonchev–Trinajstić information content (AvgIpc) is 2.95. The monoisotopic (exact) mass is 390 g/mol. The molecule has 1 heterocycles. The van der Waals surface area contributed by atoms with E-state index in [1.54, 1.807) is 30.3 Å². The Labute approximate surface area is 157 Å². The molecule has 0 unspecified atom stereocenters. The first-order valence-corrected chi connectivity index (χ1v) is 10.3. The highest BCUT2D eigenvalue weighted by molar-refractivity contribution is 7.93. The zero-order valence-electron chi connectivity index (χ0n) is 14.5. The molecule has 0 amide bonds. The first-order chi connectivity index (χ1) is 12.2. The van der Waals surface area contributed by atoms with Gasteiger partial charge in [-0.2, -0.15) is 0 Å². The van der Waals surface area contributed by atoms with Crippen molar-refractivity contribution in [3.8, 4) is 5.75 Å². The molecular weight excluding hydrogens is 370 g/mol. The Kier molecular flexibility index (Phi) is 4.81. The van der Waals surface area contributed by atoms with Crippen molar-refractivity contribution >= 4 is 42.4 Å². The summed E-state index contributed by atoms with van der Waals surface area (Å²) >= 11 is 1.13. The molecule has 6 nitrogen and oxygen atoms in total. The highest BCUT2D eigenvalue weighted by atomic mass is 32.2. The van der Waals surface area contributed by atoms with Gasteiger partial charge in [0.1, 0.15) is 10.6 Å². The Bertz CT molecular complexity index is 1060. The molecule has 3 N–H and O–H groups in total. The first kappa shape index (κ1) is 18.5. The lowest BCUT2D eigenvalue weighted by Crippen LogP contribution is -2.34. The molecule has 3 rings (SSSR count). The van der Waals surface area contributed by atoms with Crippen LogP contribution in [0, 0.1) is 12.8 Å². The minimum Gasteiger partial charge on any atom is -0.505 e. The summed E-state index contributed by atoms with van der Waals surface area (Å²) in [4.78, 5) is 4.29. The van der Waals surface area contributed by atoms with Crippen molar-refractivity contribution in [2.24, 2.45) is 5.92 Å². The maximum Gasteiger partial charge on any atom is 0.265 e. The van der Waals surface area contributed by atoms with Crippen LogP contribution in [0.15, 0.2) is 41.3 Å². The number of nitrogens with zero attached hydrogens (tertiary/aromatic N) is 2. The fraction of sp³-hybridized carbons (Fsp3) is 0.222.